The van der Waals surface area contributed by atoms with Gasteiger partial charge in [0.2, 0.25) is 27.5 Å². The van der Waals surface area contributed by atoms with Gasteiger partial charge in [0.1, 0.15) is 17.3 Å². The number of hydrogen-bond donors (Lipinski definition) is 1. The van der Waals surface area contributed by atoms with Gasteiger partial charge in [-0.25, -0.2) is 18.4 Å². The van der Waals surface area contributed by atoms with E-state index in [4.69, 9.17) is 19.9 Å². The number of carbonyl (C=O) groups excluding carboxylic acids is 1. The standard InChI is InChI=1S/C28H28N4O6S/c1-16-13-17(2)26(18(3)14-16)38-28-20(22(33)15-39(34,35)25-8-6-7-23(29)31-25)9-11-21(30-28)19-10-12-24(36-4)32-27(19)37-5/h6-14H,15H2,1-5H3,(H2,29,31). The van der Waals surface area contributed by atoms with E-state index >= 15 is 0 Å². The molecular weight excluding hydrogens is 520 g/mol. The molecule has 1 aromatic carbocycles. The van der Waals surface area contributed by atoms with Gasteiger partial charge in [0, 0.05) is 6.07 Å². The molecule has 10 nitrogen and oxygen atoms in total. The number of nitrogen functional groups attached to an aromatic ring is 1. The summed E-state index contributed by atoms with van der Waals surface area (Å²) in [6.45, 7) is 5.73. The predicted octanol–water partition coefficient (Wildman–Crippen LogP) is 4.51. The van der Waals surface area contributed by atoms with E-state index in [0.717, 1.165) is 16.7 Å². The molecule has 0 aliphatic rings. The van der Waals surface area contributed by atoms with Crippen molar-refractivity contribution in [1.29, 1.82) is 0 Å². The first kappa shape index (κ1) is 27.5. The van der Waals surface area contributed by atoms with Gasteiger partial charge in [-0.05, 0) is 62.2 Å². The van der Waals surface area contributed by atoms with Crippen molar-refractivity contribution in [2.45, 2.75) is 25.8 Å². The lowest BCUT2D eigenvalue weighted by molar-refractivity contribution is 0.101. The lowest BCUT2D eigenvalue weighted by atomic mass is 10.1. The van der Waals surface area contributed by atoms with E-state index in [1.54, 1.807) is 18.2 Å². The number of aryl methyl sites for hydroxylation is 3. The number of sulfone groups is 1. The maximum absolute atomic E-state index is 13.4. The first-order chi connectivity index (χ1) is 18.5. The highest BCUT2D eigenvalue weighted by Crippen LogP contribution is 2.35. The number of aromatic nitrogens is 3. The van der Waals surface area contributed by atoms with Gasteiger partial charge in [-0.1, -0.05) is 23.8 Å². The Bertz CT molecular complexity index is 1650. The second-order valence-corrected chi connectivity index (χ2v) is 10.8. The number of hydrogen-bond acceptors (Lipinski definition) is 10. The van der Waals surface area contributed by atoms with Gasteiger partial charge in [-0.3, -0.25) is 4.79 Å². The van der Waals surface area contributed by atoms with E-state index < -0.39 is 21.4 Å². The molecular formula is C28H28N4O6S. The van der Waals surface area contributed by atoms with E-state index in [-0.39, 0.29) is 28.2 Å². The summed E-state index contributed by atoms with van der Waals surface area (Å²) >= 11 is 0. The largest absolute Gasteiger partial charge is 0.481 e. The summed E-state index contributed by atoms with van der Waals surface area (Å²) < 4.78 is 42.8. The summed E-state index contributed by atoms with van der Waals surface area (Å²) in [7, 11) is -1.13. The number of nitrogens with zero attached hydrogens (tertiary/aromatic N) is 3. The Labute approximate surface area is 226 Å². The van der Waals surface area contributed by atoms with Crippen LogP contribution in [0, 0.1) is 20.8 Å². The average Bonchev–Trinajstić information content (AvgIpc) is 2.90. The zero-order chi connectivity index (χ0) is 28.3. The van der Waals surface area contributed by atoms with Crippen molar-refractivity contribution in [3.63, 3.8) is 0 Å². The first-order valence-electron chi connectivity index (χ1n) is 11.9. The monoisotopic (exact) mass is 548 g/mol. The molecule has 0 fully saturated rings. The first-order valence-corrected chi connectivity index (χ1v) is 13.5. The lowest BCUT2D eigenvalue weighted by Gasteiger charge is -2.16. The Morgan fingerprint density at radius 3 is 2.23 bits per heavy atom. The third-order valence-corrected chi connectivity index (χ3v) is 7.37. The number of nitrogens with two attached hydrogens (primary N) is 1. The summed E-state index contributed by atoms with van der Waals surface area (Å²) in [6.07, 6.45) is 0. The van der Waals surface area contributed by atoms with Gasteiger partial charge in [-0.2, -0.15) is 4.98 Å². The topological polar surface area (TPSA) is 144 Å². The van der Waals surface area contributed by atoms with Gasteiger partial charge in [0.25, 0.3) is 0 Å². The van der Waals surface area contributed by atoms with Crippen LogP contribution in [0.25, 0.3) is 11.3 Å². The molecule has 3 aromatic heterocycles. The molecule has 4 rings (SSSR count). The number of ether oxygens (including phenoxy) is 3. The second kappa shape index (κ2) is 11.1. The third kappa shape index (κ3) is 5.99. The van der Waals surface area contributed by atoms with Crippen LogP contribution in [0.3, 0.4) is 0 Å². The van der Waals surface area contributed by atoms with Crippen molar-refractivity contribution in [2.75, 3.05) is 25.7 Å². The molecule has 0 saturated carbocycles. The molecule has 0 spiro atoms. The molecule has 4 aromatic rings. The molecule has 0 amide bonds. The number of carbonyl (C=O) groups is 1. The van der Waals surface area contributed by atoms with Crippen molar-refractivity contribution in [1.82, 2.24) is 15.0 Å². The number of methoxy groups -OCH3 is 2. The summed E-state index contributed by atoms with van der Waals surface area (Å²) in [4.78, 5) is 26.2. The molecule has 0 bridgehead atoms. The summed E-state index contributed by atoms with van der Waals surface area (Å²) in [5.41, 5.74) is 9.27. The Morgan fingerprint density at radius 1 is 0.872 bits per heavy atom. The smallest absolute Gasteiger partial charge is 0.230 e. The summed E-state index contributed by atoms with van der Waals surface area (Å²) in [6, 6.07) is 14.5. The lowest BCUT2D eigenvalue weighted by Crippen LogP contribution is -2.19. The third-order valence-electron chi connectivity index (χ3n) is 5.86. The molecule has 11 heteroatoms. The van der Waals surface area contributed by atoms with Crippen LogP contribution >= 0.6 is 0 Å². The van der Waals surface area contributed by atoms with Crippen LogP contribution < -0.4 is 19.9 Å². The van der Waals surface area contributed by atoms with Crippen LogP contribution in [0.15, 0.2) is 59.6 Å². The minimum atomic E-state index is -4.09. The Kier molecular flexibility index (Phi) is 7.82. The molecule has 0 saturated heterocycles. The Morgan fingerprint density at radius 2 is 1.59 bits per heavy atom. The fraction of sp³-hybridized carbons (Fsp3) is 0.214. The number of Topliss-reactive ketones (excluding diaryl/α,β-unsaturated/α-hetero) is 1. The normalized spacial score (nSPS) is 11.2. The SMILES string of the molecule is COc1ccc(-c2ccc(C(=O)CS(=O)(=O)c3cccc(N)n3)c(Oc3c(C)cc(C)cc3C)n2)c(OC)n1. The molecule has 0 radical (unpaired) electrons. The second-order valence-electron chi connectivity index (χ2n) is 8.87. The molecule has 0 aliphatic carbocycles. The number of pyridine rings is 3. The molecule has 0 unspecified atom stereocenters. The molecule has 3 heterocycles. The minimum absolute atomic E-state index is 0.00830. The molecule has 2 N–H and O–H groups in total. The van der Waals surface area contributed by atoms with Crippen molar-refractivity contribution in [3.8, 4) is 34.6 Å². The van der Waals surface area contributed by atoms with E-state index in [0.29, 0.717) is 22.9 Å². The zero-order valence-corrected chi connectivity index (χ0v) is 23.0. The Hall–Kier alpha value is -4.51. The fourth-order valence-electron chi connectivity index (χ4n) is 4.12. The van der Waals surface area contributed by atoms with Gasteiger partial charge in [-0.15, -0.1) is 0 Å². The van der Waals surface area contributed by atoms with Crippen molar-refractivity contribution >= 4 is 21.4 Å². The predicted molar refractivity (Wildman–Crippen MR) is 146 cm³/mol. The highest BCUT2D eigenvalue weighted by Gasteiger charge is 2.26. The van der Waals surface area contributed by atoms with E-state index in [1.165, 1.54) is 38.5 Å². The maximum atomic E-state index is 13.4. The van der Waals surface area contributed by atoms with Crippen LogP contribution in [-0.2, 0) is 9.84 Å². The Balaban J connectivity index is 1.81. The van der Waals surface area contributed by atoms with E-state index in [9.17, 15) is 13.2 Å². The molecule has 0 aliphatic heterocycles. The van der Waals surface area contributed by atoms with Crippen LogP contribution in [0.2, 0.25) is 0 Å². The quantitative estimate of drug-likeness (QED) is 0.297. The van der Waals surface area contributed by atoms with Crippen molar-refractivity contribution in [2.24, 2.45) is 0 Å². The molecule has 0 atom stereocenters. The van der Waals surface area contributed by atoms with Crippen LogP contribution in [-0.4, -0.2) is 49.1 Å². The van der Waals surface area contributed by atoms with Crippen molar-refractivity contribution < 1.29 is 27.4 Å². The van der Waals surface area contributed by atoms with Crippen LogP contribution in [0.4, 0.5) is 5.82 Å². The molecule has 202 valence electrons. The number of ketones is 1. The van der Waals surface area contributed by atoms with Gasteiger partial charge in [0.05, 0.1) is 31.0 Å². The number of anilines is 1. The fourth-order valence-corrected chi connectivity index (χ4v) is 5.30. The van der Waals surface area contributed by atoms with Crippen LogP contribution in [0.1, 0.15) is 27.0 Å². The van der Waals surface area contributed by atoms with E-state index in [2.05, 4.69) is 15.0 Å². The maximum Gasteiger partial charge on any atom is 0.230 e. The average molecular weight is 549 g/mol. The highest BCUT2D eigenvalue weighted by atomic mass is 32.2. The van der Waals surface area contributed by atoms with Gasteiger partial charge < -0.3 is 19.9 Å². The van der Waals surface area contributed by atoms with Crippen LogP contribution in [0.5, 0.6) is 23.4 Å². The van der Waals surface area contributed by atoms with E-state index in [1.807, 2.05) is 32.9 Å². The zero-order valence-electron chi connectivity index (χ0n) is 22.2. The van der Waals surface area contributed by atoms with Gasteiger partial charge >= 0.3 is 0 Å². The summed E-state index contributed by atoms with van der Waals surface area (Å²) in [5.74, 6) is -0.461. The number of rotatable bonds is 9. The number of benzene rings is 1. The highest BCUT2D eigenvalue weighted by molar-refractivity contribution is 7.92. The minimum Gasteiger partial charge on any atom is -0.481 e. The molecule has 39 heavy (non-hydrogen) atoms. The summed E-state index contributed by atoms with van der Waals surface area (Å²) in [5, 5.41) is -0.290. The van der Waals surface area contributed by atoms with Gasteiger partial charge in [0.15, 0.2) is 10.8 Å². The van der Waals surface area contributed by atoms with Crippen molar-refractivity contribution in [3.05, 3.63) is 76.9 Å².